The Bertz CT molecular complexity index is 1190. The molecular formula is C22H19F3N2O4S. The highest BCUT2D eigenvalue weighted by molar-refractivity contribution is 7.89. The Morgan fingerprint density at radius 2 is 1.59 bits per heavy atom. The number of halogens is 3. The van der Waals surface area contributed by atoms with Gasteiger partial charge in [-0.3, -0.25) is 4.79 Å². The third kappa shape index (κ3) is 6.32. The van der Waals surface area contributed by atoms with Crippen molar-refractivity contribution in [2.45, 2.75) is 17.7 Å². The standard InChI is InChI=1S/C22H19F3N2O4S/c1-26-32(29,30)20-11-7-16(8-12-20)17-3-2-4-18(14-17)27-21(28)13-15-5-9-19(10-6-15)31-22(23,24)25/h2-12,14,26H,13H2,1H3,(H,27,28). The van der Waals surface area contributed by atoms with Crippen LogP contribution >= 0.6 is 0 Å². The summed E-state index contributed by atoms with van der Waals surface area (Å²) in [5.74, 6) is -0.704. The molecule has 0 unspecified atom stereocenters. The second-order valence-electron chi connectivity index (χ2n) is 6.73. The number of sulfonamides is 1. The maximum atomic E-state index is 12.3. The summed E-state index contributed by atoms with van der Waals surface area (Å²) in [6.45, 7) is 0. The molecule has 32 heavy (non-hydrogen) atoms. The Kier molecular flexibility index (Phi) is 6.85. The predicted molar refractivity (Wildman–Crippen MR) is 114 cm³/mol. The van der Waals surface area contributed by atoms with Gasteiger partial charge in [0.15, 0.2) is 0 Å². The maximum Gasteiger partial charge on any atom is 0.573 e. The minimum absolute atomic E-state index is 0.0346. The van der Waals surface area contributed by atoms with Gasteiger partial charge in [-0.2, -0.15) is 0 Å². The van der Waals surface area contributed by atoms with Crippen molar-refractivity contribution in [3.05, 3.63) is 78.4 Å². The van der Waals surface area contributed by atoms with Crippen LogP contribution in [0.1, 0.15) is 5.56 Å². The first-order valence-corrected chi connectivity index (χ1v) is 10.8. The van der Waals surface area contributed by atoms with E-state index in [1.807, 2.05) is 6.07 Å². The Morgan fingerprint density at radius 3 is 2.19 bits per heavy atom. The van der Waals surface area contributed by atoms with E-state index in [1.54, 1.807) is 30.3 Å². The second-order valence-corrected chi connectivity index (χ2v) is 8.62. The summed E-state index contributed by atoms with van der Waals surface area (Å²) in [5, 5.41) is 2.74. The Hall–Kier alpha value is -3.37. The molecule has 3 aromatic rings. The monoisotopic (exact) mass is 464 g/mol. The highest BCUT2D eigenvalue weighted by Gasteiger charge is 2.30. The van der Waals surface area contributed by atoms with Crippen LogP contribution in [0.4, 0.5) is 18.9 Å². The molecule has 0 spiro atoms. The molecule has 0 saturated heterocycles. The van der Waals surface area contributed by atoms with Crippen molar-refractivity contribution in [3.63, 3.8) is 0 Å². The first-order valence-electron chi connectivity index (χ1n) is 9.34. The van der Waals surface area contributed by atoms with Crippen LogP contribution in [-0.4, -0.2) is 27.7 Å². The molecule has 0 saturated carbocycles. The van der Waals surface area contributed by atoms with E-state index in [1.165, 1.54) is 31.3 Å². The Labute approximate surface area is 183 Å². The number of carbonyl (C=O) groups excluding carboxylic acids is 1. The summed E-state index contributed by atoms with van der Waals surface area (Å²) in [7, 11) is -2.20. The average molecular weight is 464 g/mol. The highest BCUT2D eigenvalue weighted by Crippen LogP contribution is 2.25. The van der Waals surface area contributed by atoms with Gasteiger partial charge in [0.1, 0.15) is 5.75 Å². The lowest BCUT2D eigenvalue weighted by atomic mass is 10.1. The lowest BCUT2D eigenvalue weighted by Crippen LogP contribution is -2.18. The van der Waals surface area contributed by atoms with E-state index in [-0.39, 0.29) is 23.0 Å². The average Bonchev–Trinajstić information content (AvgIpc) is 2.74. The highest BCUT2D eigenvalue weighted by atomic mass is 32.2. The Balaban J connectivity index is 1.66. The number of nitrogens with one attached hydrogen (secondary N) is 2. The van der Waals surface area contributed by atoms with E-state index in [4.69, 9.17) is 0 Å². The zero-order chi connectivity index (χ0) is 23.4. The van der Waals surface area contributed by atoms with Crippen LogP contribution in [-0.2, 0) is 21.2 Å². The fourth-order valence-electron chi connectivity index (χ4n) is 2.92. The second kappa shape index (κ2) is 9.41. The number of carbonyl (C=O) groups is 1. The summed E-state index contributed by atoms with van der Waals surface area (Å²) >= 11 is 0. The molecule has 0 radical (unpaired) electrons. The van der Waals surface area contributed by atoms with Crippen molar-refractivity contribution >= 4 is 21.6 Å². The quantitative estimate of drug-likeness (QED) is 0.545. The number of hydrogen-bond acceptors (Lipinski definition) is 4. The molecule has 168 valence electrons. The summed E-state index contributed by atoms with van der Waals surface area (Å²) in [4.78, 5) is 12.5. The van der Waals surface area contributed by atoms with Crippen molar-refractivity contribution in [2.75, 3.05) is 12.4 Å². The van der Waals surface area contributed by atoms with Gasteiger partial charge in [0.25, 0.3) is 0 Å². The van der Waals surface area contributed by atoms with E-state index in [2.05, 4.69) is 14.8 Å². The number of alkyl halides is 3. The van der Waals surface area contributed by atoms with Gasteiger partial charge in [0, 0.05) is 5.69 Å². The summed E-state index contributed by atoms with van der Waals surface area (Å²) < 4.78 is 66.4. The number of anilines is 1. The zero-order valence-electron chi connectivity index (χ0n) is 16.8. The molecule has 0 atom stereocenters. The number of benzene rings is 3. The van der Waals surface area contributed by atoms with Gasteiger partial charge in [-0.1, -0.05) is 36.4 Å². The lowest BCUT2D eigenvalue weighted by molar-refractivity contribution is -0.274. The van der Waals surface area contributed by atoms with Crippen LogP contribution in [0.3, 0.4) is 0 Å². The van der Waals surface area contributed by atoms with Crippen LogP contribution in [0.5, 0.6) is 5.75 Å². The normalized spacial score (nSPS) is 11.8. The van der Waals surface area contributed by atoms with E-state index in [0.717, 1.165) is 23.3 Å². The number of ether oxygens (including phenoxy) is 1. The molecule has 0 aromatic heterocycles. The first-order chi connectivity index (χ1) is 15.1. The van der Waals surface area contributed by atoms with Crippen LogP contribution < -0.4 is 14.8 Å². The van der Waals surface area contributed by atoms with E-state index in [0.29, 0.717) is 11.3 Å². The largest absolute Gasteiger partial charge is 0.573 e. The summed E-state index contributed by atoms with van der Waals surface area (Å²) in [6, 6.07) is 18.4. The van der Waals surface area contributed by atoms with Gasteiger partial charge >= 0.3 is 6.36 Å². The third-order valence-corrected chi connectivity index (χ3v) is 5.86. The molecule has 0 bridgehead atoms. The fourth-order valence-corrected chi connectivity index (χ4v) is 3.65. The van der Waals surface area contributed by atoms with Gasteiger partial charge in [0.05, 0.1) is 11.3 Å². The van der Waals surface area contributed by atoms with Crippen LogP contribution in [0, 0.1) is 0 Å². The molecule has 0 fully saturated rings. The Morgan fingerprint density at radius 1 is 0.938 bits per heavy atom. The molecular weight excluding hydrogens is 445 g/mol. The topological polar surface area (TPSA) is 84.5 Å². The summed E-state index contributed by atoms with van der Waals surface area (Å²) in [6.07, 6.45) is -4.81. The molecule has 0 aliphatic carbocycles. The van der Waals surface area contributed by atoms with Gasteiger partial charge < -0.3 is 10.1 Å². The third-order valence-electron chi connectivity index (χ3n) is 4.43. The van der Waals surface area contributed by atoms with E-state index in [9.17, 15) is 26.4 Å². The minimum atomic E-state index is -4.77. The molecule has 0 heterocycles. The SMILES string of the molecule is CNS(=O)(=O)c1ccc(-c2cccc(NC(=O)Cc3ccc(OC(F)(F)F)cc3)c2)cc1. The first kappa shape index (κ1) is 23.3. The molecule has 0 aliphatic heterocycles. The lowest BCUT2D eigenvalue weighted by Gasteiger charge is -2.10. The minimum Gasteiger partial charge on any atom is -0.406 e. The van der Waals surface area contributed by atoms with Crippen molar-refractivity contribution in [3.8, 4) is 16.9 Å². The number of rotatable bonds is 7. The van der Waals surface area contributed by atoms with E-state index < -0.39 is 16.4 Å². The van der Waals surface area contributed by atoms with Crippen LogP contribution in [0.15, 0.2) is 77.7 Å². The number of hydrogen-bond donors (Lipinski definition) is 2. The van der Waals surface area contributed by atoms with Crippen LogP contribution in [0.2, 0.25) is 0 Å². The molecule has 3 rings (SSSR count). The van der Waals surface area contributed by atoms with Gasteiger partial charge in [-0.25, -0.2) is 13.1 Å². The van der Waals surface area contributed by atoms with Crippen molar-refractivity contribution in [2.24, 2.45) is 0 Å². The summed E-state index contributed by atoms with van der Waals surface area (Å²) in [5.41, 5.74) is 2.58. The van der Waals surface area contributed by atoms with Gasteiger partial charge in [-0.05, 0) is 60.1 Å². The van der Waals surface area contributed by atoms with Crippen LogP contribution in [0.25, 0.3) is 11.1 Å². The molecule has 10 heteroatoms. The van der Waals surface area contributed by atoms with Crippen molar-refractivity contribution < 1.29 is 31.1 Å². The number of amides is 1. The molecule has 3 aromatic carbocycles. The predicted octanol–water partition coefficient (Wildman–Crippen LogP) is 4.34. The molecule has 1 amide bonds. The van der Waals surface area contributed by atoms with Gasteiger partial charge in [0.2, 0.25) is 15.9 Å². The van der Waals surface area contributed by atoms with E-state index >= 15 is 0 Å². The van der Waals surface area contributed by atoms with Gasteiger partial charge in [-0.15, -0.1) is 13.2 Å². The zero-order valence-corrected chi connectivity index (χ0v) is 17.6. The van der Waals surface area contributed by atoms with Crippen molar-refractivity contribution in [1.29, 1.82) is 0 Å². The smallest absolute Gasteiger partial charge is 0.406 e. The molecule has 6 nitrogen and oxygen atoms in total. The fraction of sp³-hybridized carbons (Fsp3) is 0.136. The maximum absolute atomic E-state index is 12.3. The van der Waals surface area contributed by atoms with Crippen molar-refractivity contribution in [1.82, 2.24) is 4.72 Å². The molecule has 2 N–H and O–H groups in total. The molecule has 0 aliphatic rings.